The Labute approximate surface area is 127 Å². The van der Waals surface area contributed by atoms with Crippen LogP contribution >= 0.6 is 0 Å². The zero-order chi connectivity index (χ0) is 15.4. The molecule has 1 amide bonds. The van der Waals surface area contributed by atoms with Crippen LogP contribution in [0.5, 0.6) is 5.88 Å². The van der Waals surface area contributed by atoms with Gasteiger partial charge in [0.25, 0.3) is 5.91 Å². The summed E-state index contributed by atoms with van der Waals surface area (Å²) < 4.78 is 19.5. The first-order valence-corrected chi connectivity index (χ1v) is 7.20. The molecular weight excluding hydrogens is 285 g/mol. The Hall–Kier alpha value is -2.50. The molecule has 6 heteroatoms. The molecule has 2 aromatic rings. The van der Waals surface area contributed by atoms with Crippen molar-refractivity contribution < 1.29 is 13.9 Å². The molecular formula is C16H16FN3O2. The van der Waals surface area contributed by atoms with Crippen LogP contribution in [0, 0.1) is 5.82 Å². The minimum Gasteiger partial charge on any atom is -0.471 e. The average Bonchev–Trinajstić information content (AvgIpc) is 2.56. The van der Waals surface area contributed by atoms with Crippen molar-refractivity contribution in [3.8, 4) is 5.88 Å². The van der Waals surface area contributed by atoms with Gasteiger partial charge in [-0.15, -0.1) is 0 Å². The Morgan fingerprint density at radius 1 is 1.32 bits per heavy atom. The number of aromatic nitrogens is 2. The molecule has 1 aliphatic rings. The molecule has 1 saturated heterocycles. The second-order valence-electron chi connectivity index (χ2n) is 5.16. The Bertz CT molecular complexity index is 651. The van der Waals surface area contributed by atoms with Gasteiger partial charge in [0.1, 0.15) is 11.9 Å². The van der Waals surface area contributed by atoms with Crippen LogP contribution in [0.3, 0.4) is 0 Å². The average molecular weight is 301 g/mol. The van der Waals surface area contributed by atoms with E-state index in [0.717, 1.165) is 12.8 Å². The lowest BCUT2D eigenvalue weighted by Crippen LogP contribution is -2.44. The fourth-order valence-electron chi connectivity index (χ4n) is 2.54. The number of hydrogen-bond acceptors (Lipinski definition) is 4. The third-order valence-electron chi connectivity index (χ3n) is 3.60. The van der Waals surface area contributed by atoms with Crippen LogP contribution in [-0.2, 0) is 0 Å². The van der Waals surface area contributed by atoms with Gasteiger partial charge in [0.05, 0.1) is 18.3 Å². The van der Waals surface area contributed by atoms with E-state index in [-0.39, 0.29) is 17.6 Å². The zero-order valence-electron chi connectivity index (χ0n) is 12.0. The second-order valence-corrected chi connectivity index (χ2v) is 5.16. The summed E-state index contributed by atoms with van der Waals surface area (Å²) in [5.74, 6) is -0.359. The molecule has 1 aromatic heterocycles. The standard InChI is InChI=1S/C16H16FN3O2/c17-14-6-2-1-5-13(14)16(21)20-9-3-4-12(11-20)22-15-10-18-7-8-19-15/h1-2,5-8,10,12H,3-4,9,11H2. The third kappa shape index (κ3) is 3.21. The van der Waals surface area contributed by atoms with E-state index < -0.39 is 5.82 Å². The van der Waals surface area contributed by atoms with Gasteiger partial charge in [0, 0.05) is 18.9 Å². The van der Waals surface area contributed by atoms with Crippen molar-refractivity contribution in [1.29, 1.82) is 0 Å². The number of halogens is 1. The second kappa shape index (κ2) is 6.51. The van der Waals surface area contributed by atoms with E-state index in [1.54, 1.807) is 29.4 Å². The number of nitrogens with zero attached hydrogens (tertiary/aromatic N) is 3. The minimum atomic E-state index is -0.496. The Morgan fingerprint density at radius 3 is 2.95 bits per heavy atom. The molecule has 0 N–H and O–H groups in total. The maximum Gasteiger partial charge on any atom is 0.256 e. The van der Waals surface area contributed by atoms with Crippen LogP contribution in [0.25, 0.3) is 0 Å². The zero-order valence-corrected chi connectivity index (χ0v) is 12.0. The summed E-state index contributed by atoms with van der Waals surface area (Å²) in [6, 6.07) is 6.03. The lowest BCUT2D eigenvalue weighted by molar-refractivity contribution is 0.0523. The quantitative estimate of drug-likeness (QED) is 0.873. The van der Waals surface area contributed by atoms with Crippen LogP contribution in [-0.4, -0.2) is 40.0 Å². The van der Waals surface area contributed by atoms with Gasteiger partial charge in [-0.05, 0) is 25.0 Å². The molecule has 0 radical (unpaired) electrons. The number of piperidine rings is 1. The normalized spacial score (nSPS) is 18.0. The first-order chi connectivity index (χ1) is 10.7. The highest BCUT2D eigenvalue weighted by Gasteiger charge is 2.27. The summed E-state index contributed by atoms with van der Waals surface area (Å²) in [6.45, 7) is 1.03. The van der Waals surface area contributed by atoms with Gasteiger partial charge in [0.15, 0.2) is 0 Å². The molecule has 2 heterocycles. The van der Waals surface area contributed by atoms with Gasteiger partial charge in [0.2, 0.25) is 5.88 Å². The van der Waals surface area contributed by atoms with E-state index in [9.17, 15) is 9.18 Å². The molecule has 3 rings (SSSR count). The van der Waals surface area contributed by atoms with E-state index in [1.807, 2.05) is 0 Å². The van der Waals surface area contributed by atoms with Crippen LogP contribution in [0.2, 0.25) is 0 Å². The van der Waals surface area contributed by atoms with Crippen molar-refractivity contribution in [1.82, 2.24) is 14.9 Å². The minimum absolute atomic E-state index is 0.0997. The van der Waals surface area contributed by atoms with Gasteiger partial charge in [-0.2, -0.15) is 0 Å². The number of amides is 1. The lowest BCUT2D eigenvalue weighted by atomic mass is 10.1. The van der Waals surface area contributed by atoms with Crippen LogP contribution in [0.1, 0.15) is 23.2 Å². The molecule has 0 aliphatic carbocycles. The maximum absolute atomic E-state index is 13.7. The lowest BCUT2D eigenvalue weighted by Gasteiger charge is -2.32. The molecule has 22 heavy (non-hydrogen) atoms. The van der Waals surface area contributed by atoms with Crippen LogP contribution < -0.4 is 4.74 Å². The SMILES string of the molecule is O=C(c1ccccc1F)N1CCCC(Oc2cnccn2)C1. The van der Waals surface area contributed by atoms with Gasteiger partial charge < -0.3 is 9.64 Å². The number of benzene rings is 1. The van der Waals surface area contributed by atoms with Gasteiger partial charge >= 0.3 is 0 Å². The summed E-state index contributed by atoms with van der Waals surface area (Å²) >= 11 is 0. The number of carbonyl (C=O) groups excluding carboxylic acids is 1. The Morgan fingerprint density at radius 2 is 2.18 bits per heavy atom. The fraction of sp³-hybridized carbons (Fsp3) is 0.312. The predicted molar refractivity (Wildman–Crippen MR) is 78.0 cm³/mol. The van der Waals surface area contributed by atoms with E-state index in [1.165, 1.54) is 18.3 Å². The highest BCUT2D eigenvalue weighted by Crippen LogP contribution is 2.19. The fourth-order valence-corrected chi connectivity index (χ4v) is 2.54. The summed E-state index contributed by atoms with van der Waals surface area (Å²) in [7, 11) is 0. The van der Waals surface area contributed by atoms with Crippen molar-refractivity contribution in [3.63, 3.8) is 0 Å². The molecule has 1 fully saturated rings. The molecule has 1 aliphatic heterocycles. The number of carbonyl (C=O) groups is 1. The van der Waals surface area contributed by atoms with Crippen molar-refractivity contribution in [3.05, 3.63) is 54.2 Å². The van der Waals surface area contributed by atoms with Crippen molar-refractivity contribution in [2.45, 2.75) is 18.9 Å². The molecule has 114 valence electrons. The van der Waals surface area contributed by atoms with E-state index >= 15 is 0 Å². The van der Waals surface area contributed by atoms with Gasteiger partial charge in [-0.3, -0.25) is 9.78 Å². The first kappa shape index (κ1) is 14.4. The van der Waals surface area contributed by atoms with Crippen molar-refractivity contribution in [2.24, 2.45) is 0 Å². The Balaban J connectivity index is 1.68. The smallest absolute Gasteiger partial charge is 0.256 e. The molecule has 5 nitrogen and oxygen atoms in total. The number of likely N-dealkylation sites (tertiary alicyclic amines) is 1. The van der Waals surface area contributed by atoms with E-state index in [0.29, 0.717) is 19.0 Å². The predicted octanol–water partition coefficient (Wildman–Crippen LogP) is 2.30. The summed E-state index contributed by atoms with van der Waals surface area (Å²) in [5, 5.41) is 0. The van der Waals surface area contributed by atoms with Crippen LogP contribution in [0.4, 0.5) is 4.39 Å². The molecule has 0 bridgehead atoms. The third-order valence-corrected chi connectivity index (χ3v) is 3.60. The van der Waals surface area contributed by atoms with Crippen molar-refractivity contribution in [2.75, 3.05) is 13.1 Å². The molecule has 1 atom stereocenters. The Kier molecular flexibility index (Phi) is 4.27. The van der Waals surface area contributed by atoms with E-state index in [2.05, 4.69) is 9.97 Å². The number of ether oxygens (including phenoxy) is 1. The van der Waals surface area contributed by atoms with Gasteiger partial charge in [-0.25, -0.2) is 9.37 Å². The highest BCUT2D eigenvalue weighted by atomic mass is 19.1. The molecule has 1 aromatic carbocycles. The largest absolute Gasteiger partial charge is 0.471 e. The molecule has 0 saturated carbocycles. The van der Waals surface area contributed by atoms with Crippen LogP contribution in [0.15, 0.2) is 42.9 Å². The molecule has 1 unspecified atom stereocenters. The highest BCUT2D eigenvalue weighted by molar-refractivity contribution is 5.94. The number of hydrogen-bond donors (Lipinski definition) is 0. The van der Waals surface area contributed by atoms with E-state index in [4.69, 9.17) is 4.74 Å². The van der Waals surface area contributed by atoms with Crippen molar-refractivity contribution >= 4 is 5.91 Å². The number of rotatable bonds is 3. The summed E-state index contributed by atoms with van der Waals surface area (Å²) in [5.41, 5.74) is 0.0997. The molecule has 0 spiro atoms. The monoisotopic (exact) mass is 301 g/mol. The topological polar surface area (TPSA) is 55.3 Å². The first-order valence-electron chi connectivity index (χ1n) is 7.20. The van der Waals surface area contributed by atoms with Gasteiger partial charge in [-0.1, -0.05) is 12.1 Å². The summed E-state index contributed by atoms with van der Waals surface area (Å²) in [6.07, 6.45) is 6.16. The maximum atomic E-state index is 13.7. The summed E-state index contributed by atoms with van der Waals surface area (Å²) in [4.78, 5) is 22.1.